The Morgan fingerprint density at radius 3 is 2.62 bits per heavy atom. The summed E-state index contributed by atoms with van der Waals surface area (Å²) in [4.78, 5) is 27.9. The van der Waals surface area contributed by atoms with Crippen molar-refractivity contribution in [1.82, 2.24) is 24.6 Å². The second kappa shape index (κ2) is 13.9. The zero-order valence-electron chi connectivity index (χ0n) is 27.9. The number of ether oxygens (including phenoxy) is 2. The van der Waals surface area contributed by atoms with E-state index in [2.05, 4.69) is 20.0 Å². The number of nitrogens with zero attached hydrogens (tertiary/aromatic N) is 5. The molecular formula is C32H41ClFN6O7P. The number of nitrogens with one attached hydrogen (secondary N) is 1. The Balaban J connectivity index is 1.44. The topological polar surface area (TPSA) is 150 Å². The lowest BCUT2D eigenvalue weighted by molar-refractivity contribution is -0.148. The molecule has 1 fully saturated rings. The number of aryl methyl sites for hydroxylation is 1. The molecule has 1 aliphatic heterocycles. The Bertz CT molecular complexity index is 1830. The second-order valence-electron chi connectivity index (χ2n) is 13.3. The van der Waals surface area contributed by atoms with Gasteiger partial charge in [0.1, 0.15) is 29.3 Å². The van der Waals surface area contributed by atoms with Gasteiger partial charge in [0.05, 0.1) is 25.4 Å². The van der Waals surface area contributed by atoms with Crippen LogP contribution in [0.1, 0.15) is 39.7 Å². The first kappa shape index (κ1) is 35.9. The van der Waals surface area contributed by atoms with Crippen LogP contribution in [0.5, 0.6) is 5.75 Å². The summed E-state index contributed by atoms with van der Waals surface area (Å²) in [6.45, 7) is 8.29. The van der Waals surface area contributed by atoms with Gasteiger partial charge in [-0.3, -0.25) is 13.9 Å². The standard InChI is InChI=1S/C32H41ClFN6O7P/c1-19(30(42)44-16-31(3,4)5)38-48(43,47-23-14-10-12-21-11-8-9-13-22(21)23)45-17-32(15-33)26(41)24(34)29(46-32)40-18-35-25-27(39(6)7)36-20(2)37-28(25)40/h8-14,18-19,24,26,29,41H,15-17H2,1-7H3,(H,38,43)/t19-,24+,26-,29+,32+,48-/m0/s1. The van der Waals surface area contributed by atoms with Crippen molar-refractivity contribution < 1.29 is 37.4 Å². The highest BCUT2D eigenvalue weighted by atomic mass is 35.5. The highest BCUT2D eigenvalue weighted by molar-refractivity contribution is 7.52. The average Bonchev–Trinajstić information content (AvgIpc) is 3.56. The molecule has 0 unspecified atom stereocenters. The third-order valence-electron chi connectivity index (χ3n) is 7.71. The van der Waals surface area contributed by atoms with Crippen LogP contribution < -0.4 is 14.5 Å². The molecule has 0 aliphatic carbocycles. The summed E-state index contributed by atoms with van der Waals surface area (Å²) in [5.41, 5.74) is -1.52. The highest BCUT2D eigenvalue weighted by Gasteiger charge is 2.57. The number of hydrogen-bond acceptors (Lipinski definition) is 11. The lowest BCUT2D eigenvalue weighted by atomic mass is 9.99. The van der Waals surface area contributed by atoms with Gasteiger partial charge in [-0.25, -0.2) is 23.9 Å². The molecule has 0 radical (unpaired) electrons. The number of hydrogen-bond donors (Lipinski definition) is 2. The van der Waals surface area contributed by atoms with Crippen molar-refractivity contribution in [3.63, 3.8) is 0 Å². The van der Waals surface area contributed by atoms with Crippen molar-refractivity contribution in [2.45, 2.75) is 64.8 Å². The summed E-state index contributed by atoms with van der Waals surface area (Å²) in [5, 5.41) is 15.3. The minimum absolute atomic E-state index is 0.116. The van der Waals surface area contributed by atoms with Crippen molar-refractivity contribution in [1.29, 1.82) is 0 Å². The summed E-state index contributed by atoms with van der Waals surface area (Å²) >= 11 is 6.36. The zero-order chi connectivity index (χ0) is 35.0. The molecule has 1 aliphatic rings. The summed E-state index contributed by atoms with van der Waals surface area (Å²) in [7, 11) is -0.899. The van der Waals surface area contributed by atoms with Gasteiger partial charge in [-0.1, -0.05) is 57.2 Å². The lowest BCUT2D eigenvalue weighted by Gasteiger charge is -2.32. The fraction of sp³-hybridized carbons (Fsp3) is 0.500. The first-order valence-electron chi connectivity index (χ1n) is 15.4. The quantitative estimate of drug-likeness (QED) is 0.111. The number of imidazole rings is 1. The van der Waals surface area contributed by atoms with E-state index in [4.69, 9.17) is 30.1 Å². The van der Waals surface area contributed by atoms with Crippen LogP contribution in [0.15, 0.2) is 48.8 Å². The number of esters is 1. The Labute approximate surface area is 283 Å². The van der Waals surface area contributed by atoms with Gasteiger partial charge in [-0.2, -0.15) is 5.09 Å². The van der Waals surface area contributed by atoms with E-state index in [-0.39, 0.29) is 23.4 Å². The number of anilines is 1. The normalized spacial score (nSPS) is 23.2. The molecule has 0 saturated carbocycles. The predicted octanol–water partition coefficient (Wildman–Crippen LogP) is 5.33. The Morgan fingerprint density at radius 1 is 1.23 bits per heavy atom. The molecule has 3 heterocycles. The van der Waals surface area contributed by atoms with Crippen molar-refractivity contribution >= 4 is 53.1 Å². The monoisotopic (exact) mass is 706 g/mol. The largest absolute Gasteiger partial charge is 0.464 e. The van der Waals surface area contributed by atoms with Crippen LogP contribution in [-0.2, 0) is 23.4 Å². The zero-order valence-corrected chi connectivity index (χ0v) is 29.5. The first-order chi connectivity index (χ1) is 22.6. The molecule has 6 atom stereocenters. The Kier molecular flexibility index (Phi) is 10.4. The van der Waals surface area contributed by atoms with E-state index in [1.54, 1.807) is 50.2 Å². The molecule has 1 saturated heterocycles. The van der Waals surface area contributed by atoms with Gasteiger partial charge in [-0.05, 0) is 30.7 Å². The molecule has 0 bridgehead atoms. The number of aromatic nitrogens is 4. The number of aliphatic hydroxyl groups excluding tert-OH is 1. The number of aliphatic hydroxyl groups is 1. The van der Waals surface area contributed by atoms with Gasteiger partial charge in [0.15, 0.2) is 29.4 Å². The SMILES string of the molecule is Cc1nc(N(C)C)c2ncn([C@@H]3O[C@](CCl)(CO[P@@](=O)(N[C@@H](C)C(=O)OCC(C)(C)C)Oc4cccc5ccccc45)[C@@H](O)[C@H]3F)c2n1. The van der Waals surface area contributed by atoms with Crippen LogP contribution in [0, 0.1) is 12.3 Å². The van der Waals surface area contributed by atoms with E-state index in [1.807, 2.05) is 39.0 Å². The lowest BCUT2D eigenvalue weighted by Crippen LogP contribution is -2.48. The van der Waals surface area contributed by atoms with Gasteiger partial charge in [0.2, 0.25) is 0 Å². The van der Waals surface area contributed by atoms with E-state index < -0.39 is 56.3 Å². The van der Waals surface area contributed by atoms with Gasteiger partial charge >= 0.3 is 13.7 Å². The molecule has 0 amide bonds. The van der Waals surface area contributed by atoms with Crippen LogP contribution in [0.25, 0.3) is 21.9 Å². The van der Waals surface area contributed by atoms with E-state index in [1.165, 1.54) is 17.8 Å². The molecule has 0 spiro atoms. The molecule has 2 aromatic heterocycles. The number of halogens is 2. The molecule has 48 heavy (non-hydrogen) atoms. The minimum atomic E-state index is -4.49. The summed E-state index contributed by atoms with van der Waals surface area (Å²) < 4.78 is 55.3. The number of benzene rings is 2. The Morgan fingerprint density at radius 2 is 1.94 bits per heavy atom. The molecular weight excluding hydrogens is 666 g/mol. The number of fused-ring (bicyclic) bond motifs is 2. The van der Waals surface area contributed by atoms with E-state index >= 15 is 4.39 Å². The number of carbonyl (C=O) groups is 1. The molecule has 16 heteroatoms. The van der Waals surface area contributed by atoms with Crippen molar-refractivity contribution in [2.24, 2.45) is 5.41 Å². The maximum Gasteiger partial charge on any atom is 0.459 e. The van der Waals surface area contributed by atoms with Gasteiger partial charge < -0.3 is 24.0 Å². The molecule has 13 nitrogen and oxygen atoms in total. The van der Waals surface area contributed by atoms with Gasteiger partial charge in [-0.15, -0.1) is 11.6 Å². The van der Waals surface area contributed by atoms with Crippen LogP contribution >= 0.6 is 19.3 Å². The highest BCUT2D eigenvalue weighted by Crippen LogP contribution is 2.50. The number of rotatable bonds is 12. The van der Waals surface area contributed by atoms with Crippen LogP contribution in [0.3, 0.4) is 0 Å². The third kappa shape index (κ3) is 7.44. The van der Waals surface area contributed by atoms with Crippen LogP contribution in [0.4, 0.5) is 10.2 Å². The van der Waals surface area contributed by atoms with Crippen LogP contribution in [-0.4, -0.2) is 87.7 Å². The third-order valence-corrected chi connectivity index (χ3v) is 9.77. The fourth-order valence-corrected chi connectivity index (χ4v) is 7.06. The van der Waals surface area contributed by atoms with E-state index in [0.29, 0.717) is 22.5 Å². The average molecular weight is 707 g/mol. The summed E-state index contributed by atoms with van der Waals surface area (Å²) in [6, 6.07) is 11.3. The fourth-order valence-electron chi connectivity index (χ4n) is 5.20. The smallest absolute Gasteiger partial charge is 0.459 e. The van der Waals surface area contributed by atoms with E-state index in [9.17, 15) is 14.5 Å². The minimum Gasteiger partial charge on any atom is -0.464 e. The summed E-state index contributed by atoms with van der Waals surface area (Å²) in [6.07, 6.45) is -3.91. The molecule has 4 aromatic rings. The van der Waals surface area contributed by atoms with Crippen molar-refractivity contribution in [3.05, 3.63) is 54.6 Å². The molecule has 2 N–H and O–H groups in total. The van der Waals surface area contributed by atoms with Crippen molar-refractivity contribution in [2.75, 3.05) is 38.1 Å². The van der Waals surface area contributed by atoms with Crippen LogP contribution in [0.2, 0.25) is 0 Å². The first-order valence-corrected chi connectivity index (χ1v) is 17.4. The molecule has 260 valence electrons. The van der Waals surface area contributed by atoms with E-state index in [0.717, 1.165) is 5.39 Å². The number of carbonyl (C=O) groups excluding carboxylic acids is 1. The van der Waals surface area contributed by atoms with Gasteiger partial charge in [0, 0.05) is 19.5 Å². The number of alkyl halides is 2. The maximum absolute atomic E-state index is 16.0. The van der Waals surface area contributed by atoms with Gasteiger partial charge in [0.25, 0.3) is 0 Å². The molecule has 5 rings (SSSR count). The Hall–Kier alpha value is -3.39. The maximum atomic E-state index is 16.0. The van der Waals surface area contributed by atoms with Crippen molar-refractivity contribution in [3.8, 4) is 5.75 Å². The predicted molar refractivity (Wildman–Crippen MR) is 180 cm³/mol. The molecule has 2 aromatic carbocycles. The summed E-state index contributed by atoms with van der Waals surface area (Å²) in [5.74, 6) is -0.00681. The second-order valence-corrected chi connectivity index (χ2v) is 15.2.